The molecule has 0 saturated carbocycles. The number of hydrogen-bond acceptors (Lipinski definition) is 5. The van der Waals surface area contributed by atoms with Crippen LogP contribution in [-0.2, 0) is 33.9 Å². The summed E-state index contributed by atoms with van der Waals surface area (Å²) in [6.07, 6.45) is 8.47. The van der Waals surface area contributed by atoms with Gasteiger partial charge in [-0.1, -0.05) is 175 Å². The molecule has 15 rings (SSSR count). The number of hydrogen-bond donors (Lipinski definition) is 0. The van der Waals surface area contributed by atoms with Crippen LogP contribution in [-0.4, -0.2) is 9.55 Å². The van der Waals surface area contributed by atoms with Gasteiger partial charge in [-0.15, -0.1) is 48.1 Å². The van der Waals surface area contributed by atoms with Crippen molar-refractivity contribution in [2.75, 3.05) is 9.80 Å². The fraction of sp³-hybridized carbons (Fsp3) is 0.0959. The number of anilines is 4. The van der Waals surface area contributed by atoms with Crippen molar-refractivity contribution in [1.29, 1.82) is 0 Å². The Kier molecular flexibility index (Phi) is 10.4. The zero-order chi connectivity index (χ0) is 60.9. The standard InChI is InChI=1S/C73H53N4O2.Pt/c1-5-21-49(22-6-1)58-34-20-35-59(50-23-7-2-8-24-50)72(58)76-48-75(65-39-15-16-40-66(65)76)54-31-19-32-55(45-54)78-56-41-42-61-60-33-13-14-38-64(60)77(67(61)46-56)68-47-57(43-44-74-68)79-73-70(52-25-9-3-10-26-52)62-36-17-29-51-30-18-37-63(69(51)62)71(73)53-27-11-4-12-28-53;/h1-16,19-28,31-35,38-44,47-48,51H,17-18,29-30,36-37H2;/q-3;/i1D,2D,5D,6D,7D,8D,21D,22D,23D,24D;. The largest absolute Gasteiger partial charge is 0.509 e. The molecule has 10 aromatic carbocycles. The molecule has 1 aliphatic heterocycles. The molecule has 6 nitrogen and oxygen atoms in total. The molecule has 0 atom stereocenters. The average molecular weight is 1220 g/mol. The van der Waals surface area contributed by atoms with Gasteiger partial charge in [0.1, 0.15) is 17.3 Å². The van der Waals surface area contributed by atoms with Crippen LogP contribution in [0.2, 0.25) is 0 Å². The van der Waals surface area contributed by atoms with Gasteiger partial charge in [0.2, 0.25) is 0 Å². The van der Waals surface area contributed by atoms with Crippen LogP contribution >= 0.6 is 0 Å². The minimum atomic E-state index is -0.569. The molecule has 7 heteroatoms. The van der Waals surface area contributed by atoms with Crippen molar-refractivity contribution >= 4 is 44.6 Å². The van der Waals surface area contributed by atoms with Crippen molar-refractivity contribution in [3.05, 3.63) is 272 Å². The van der Waals surface area contributed by atoms with E-state index in [0.29, 0.717) is 46.0 Å². The molecule has 390 valence electrons. The summed E-state index contributed by atoms with van der Waals surface area (Å²) in [4.78, 5) is 8.64. The number of rotatable bonds is 11. The minimum absolute atomic E-state index is 0. The van der Waals surface area contributed by atoms with Crippen molar-refractivity contribution < 1.29 is 44.2 Å². The van der Waals surface area contributed by atoms with E-state index in [-0.39, 0.29) is 49.0 Å². The molecule has 0 bridgehead atoms. The van der Waals surface area contributed by atoms with E-state index in [1.807, 2.05) is 77.7 Å². The summed E-state index contributed by atoms with van der Waals surface area (Å²) in [5.74, 6) is 3.43. The Balaban J connectivity index is 0.00000707. The third-order valence-electron chi connectivity index (χ3n) is 15.6. The summed E-state index contributed by atoms with van der Waals surface area (Å²) in [5.41, 5.74) is 12.6. The van der Waals surface area contributed by atoms with Gasteiger partial charge >= 0.3 is 0 Å². The van der Waals surface area contributed by atoms with Gasteiger partial charge in [0.25, 0.3) is 0 Å². The molecule has 0 amide bonds. The molecule has 0 N–H and O–H groups in total. The average Bonchev–Trinajstić information content (AvgIpc) is 0.775. The zero-order valence-electron chi connectivity index (χ0n) is 53.1. The molecule has 0 fully saturated rings. The van der Waals surface area contributed by atoms with Gasteiger partial charge < -0.3 is 23.8 Å². The van der Waals surface area contributed by atoms with E-state index < -0.39 is 60.4 Å². The van der Waals surface area contributed by atoms with Crippen molar-refractivity contribution in [3.63, 3.8) is 0 Å². The summed E-state index contributed by atoms with van der Waals surface area (Å²) < 4.78 is 104. The number of aromatic nitrogens is 2. The van der Waals surface area contributed by atoms with Crippen LogP contribution in [0.1, 0.15) is 62.0 Å². The molecular weight excluding hydrogens is 1160 g/mol. The van der Waals surface area contributed by atoms with Gasteiger partial charge in [-0.25, -0.2) is 4.98 Å². The topological polar surface area (TPSA) is 42.8 Å². The van der Waals surface area contributed by atoms with E-state index >= 15 is 0 Å². The fourth-order valence-corrected chi connectivity index (χ4v) is 12.4. The van der Waals surface area contributed by atoms with E-state index in [1.54, 1.807) is 42.0 Å². The third kappa shape index (κ3) is 8.67. The molecule has 0 saturated heterocycles. The Hall–Kier alpha value is -8.96. The first-order chi connectivity index (χ1) is 43.3. The van der Waals surface area contributed by atoms with Crippen LogP contribution in [0.5, 0.6) is 23.0 Å². The summed E-state index contributed by atoms with van der Waals surface area (Å²) in [5, 5.41) is 1.94. The summed E-state index contributed by atoms with van der Waals surface area (Å²) in [6.45, 7) is 1.75. The number of ether oxygens (including phenoxy) is 2. The van der Waals surface area contributed by atoms with E-state index in [2.05, 4.69) is 89.5 Å². The minimum Gasteiger partial charge on any atom is -0.509 e. The second kappa shape index (κ2) is 21.0. The Bertz CT molecular complexity index is 4670. The normalized spacial score (nSPS) is 15.4. The Labute approximate surface area is 495 Å². The van der Waals surface area contributed by atoms with E-state index in [1.165, 1.54) is 29.5 Å². The quantitative estimate of drug-likeness (QED) is 0.121. The maximum Gasteiger partial charge on any atom is 0.143 e. The number of nitrogens with zero attached hydrogens (tertiary/aromatic N) is 4. The first-order valence-corrected chi connectivity index (χ1v) is 26.8. The van der Waals surface area contributed by atoms with E-state index in [9.17, 15) is 0 Å². The zero-order valence-corrected chi connectivity index (χ0v) is 45.3. The second-order valence-electron chi connectivity index (χ2n) is 20.1. The third-order valence-corrected chi connectivity index (χ3v) is 15.6. The molecule has 12 aromatic rings. The number of fused-ring (bicyclic) bond motifs is 4. The first-order valence-electron chi connectivity index (χ1n) is 31.8. The Morgan fingerprint density at radius 2 is 1.14 bits per heavy atom. The second-order valence-corrected chi connectivity index (χ2v) is 20.1. The molecule has 3 heterocycles. The van der Waals surface area contributed by atoms with Gasteiger partial charge in [0, 0.05) is 89.7 Å². The molecule has 3 aliphatic rings. The van der Waals surface area contributed by atoms with Crippen LogP contribution in [0.4, 0.5) is 22.7 Å². The van der Waals surface area contributed by atoms with Gasteiger partial charge in [-0.05, 0) is 113 Å². The van der Waals surface area contributed by atoms with E-state index in [4.69, 9.17) is 28.2 Å². The predicted octanol–water partition coefficient (Wildman–Crippen LogP) is 19.2. The predicted molar refractivity (Wildman–Crippen MR) is 321 cm³/mol. The molecule has 2 aromatic heterocycles. The number of benzene rings is 10. The van der Waals surface area contributed by atoms with Crippen molar-refractivity contribution in [2.45, 2.75) is 44.4 Å². The summed E-state index contributed by atoms with van der Waals surface area (Å²) in [6, 6.07) is 57.0. The van der Waals surface area contributed by atoms with Gasteiger partial charge in [-0.3, -0.25) is 0 Å². The SMILES string of the molecule is [2H]c1c([2H])c([2H])c(-c2cccc(-c3c([2H])c([2H])c([2H])c([2H])c3[2H])c2N2[CH-]N(c3[c-]c(Oc4[c-]c5c(cc4)c4ccccc4n5-c4cc(Oc5c(-c6ccccc6)c6c7c(c5-c5ccccc5)CCCC7CCC6)ccn4)ccc3)c3ccccc32)c([2H])c1[2H].[Pt]. The van der Waals surface area contributed by atoms with Crippen molar-refractivity contribution in [3.8, 4) is 73.3 Å². The van der Waals surface area contributed by atoms with Crippen LogP contribution in [0.15, 0.2) is 236 Å². The number of pyridine rings is 1. The number of para-hydroxylation sites is 4. The molecule has 0 radical (unpaired) electrons. The smallest absolute Gasteiger partial charge is 0.143 e. The van der Waals surface area contributed by atoms with E-state index in [0.717, 1.165) is 75.5 Å². The fourth-order valence-electron chi connectivity index (χ4n) is 12.4. The molecule has 0 spiro atoms. The van der Waals surface area contributed by atoms with Crippen molar-refractivity contribution in [2.24, 2.45) is 0 Å². The Morgan fingerprint density at radius 3 is 1.81 bits per heavy atom. The van der Waals surface area contributed by atoms with Crippen LogP contribution < -0.4 is 19.3 Å². The maximum atomic E-state index is 9.11. The Morgan fingerprint density at radius 1 is 0.537 bits per heavy atom. The maximum absolute atomic E-state index is 9.11. The van der Waals surface area contributed by atoms with Crippen LogP contribution in [0, 0.1) is 18.8 Å². The summed E-state index contributed by atoms with van der Waals surface area (Å²) >= 11 is 0. The van der Waals surface area contributed by atoms with Gasteiger partial charge in [0.15, 0.2) is 0 Å². The molecular formula is C73H53N4O2Pt-3. The van der Waals surface area contributed by atoms with Crippen LogP contribution in [0.3, 0.4) is 0 Å². The molecule has 80 heavy (non-hydrogen) atoms. The first kappa shape index (κ1) is 39.4. The molecule has 2 aliphatic carbocycles. The van der Waals surface area contributed by atoms with Crippen molar-refractivity contribution in [1.82, 2.24) is 9.55 Å². The summed E-state index contributed by atoms with van der Waals surface area (Å²) in [7, 11) is 0. The van der Waals surface area contributed by atoms with Crippen LogP contribution in [0.25, 0.3) is 72.1 Å². The van der Waals surface area contributed by atoms with Gasteiger partial charge in [-0.2, -0.15) is 12.1 Å². The molecule has 0 unspecified atom stereocenters. The van der Waals surface area contributed by atoms with Gasteiger partial charge in [0.05, 0.1) is 13.7 Å². The monoisotopic (exact) mass is 1220 g/mol.